The van der Waals surface area contributed by atoms with E-state index in [9.17, 15) is 19.1 Å². The Hall–Kier alpha value is -3.98. The zero-order valence-electron chi connectivity index (χ0n) is 23.2. The van der Waals surface area contributed by atoms with Crippen molar-refractivity contribution in [3.8, 4) is 22.9 Å². The Bertz CT molecular complexity index is 1780. The Kier molecular flexibility index (Phi) is 5.93. The number of nitriles is 1. The predicted octanol–water partition coefficient (Wildman–Crippen LogP) is 5.97. The molecule has 3 atom stereocenters. The lowest BCUT2D eigenvalue weighted by Gasteiger charge is -2.46. The van der Waals surface area contributed by atoms with Gasteiger partial charge in [0.15, 0.2) is 0 Å². The normalized spacial score (nSPS) is 28.2. The second-order valence-corrected chi connectivity index (χ2v) is 11.8. The monoisotopic (exact) mass is 575 g/mol. The summed E-state index contributed by atoms with van der Waals surface area (Å²) in [4.78, 5) is 11.3. The number of fused-ring (bicyclic) bond motifs is 9. The maximum Gasteiger partial charge on any atom is 0.387 e. The van der Waals surface area contributed by atoms with Crippen molar-refractivity contribution < 1.29 is 27.8 Å². The fraction of sp³-hybridized carbons (Fsp3) is 0.387. The highest BCUT2D eigenvalue weighted by atomic mass is 19.3. The van der Waals surface area contributed by atoms with Crippen LogP contribution in [0.1, 0.15) is 67.1 Å². The summed E-state index contributed by atoms with van der Waals surface area (Å²) in [7, 11) is 3.52. The first-order valence-electron chi connectivity index (χ1n) is 13.7. The first-order chi connectivity index (χ1) is 20.1. The summed E-state index contributed by atoms with van der Waals surface area (Å²) in [5, 5.41) is 20.2. The molecule has 2 bridgehead atoms. The van der Waals surface area contributed by atoms with Crippen molar-refractivity contribution in [1.29, 1.82) is 5.26 Å². The van der Waals surface area contributed by atoms with Crippen LogP contribution in [-0.2, 0) is 10.3 Å². The van der Waals surface area contributed by atoms with Crippen molar-refractivity contribution in [2.45, 2.75) is 56.7 Å². The van der Waals surface area contributed by atoms with Gasteiger partial charge in [0.05, 0.1) is 34.6 Å². The first kappa shape index (κ1) is 26.9. The van der Waals surface area contributed by atoms with Gasteiger partial charge in [-0.25, -0.2) is 9.37 Å². The number of alkyl halides is 2. The molecular weight excluding hydrogens is 547 g/mol. The fourth-order valence-corrected chi connectivity index (χ4v) is 7.30. The highest BCUT2D eigenvalue weighted by Crippen LogP contribution is 2.55. The van der Waals surface area contributed by atoms with E-state index in [1.54, 1.807) is 26.2 Å². The van der Waals surface area contributed by atoms with Gasteiger partial charge in [0.2, 0.25) is 0 Å². The Morgan fingerprint density at radius 1 is 1.14 bits per heavy atom. The molecule has 2 aromatic carbocycles. The number of halogens is 3. The van der Waals surface area contributed by atoms with Crippen LogP contribution in [0.3, 0.4) is 0 Å². The molecule has 42 heavy (non-hydrogen) atoms. The first-order valence-corrected chi connectivity index (χ1v) is 13.7. The average Bonchev–Trinajstić information content (AvgIpc) is 3.45. The number of rotatable bonds is 5. The number of nitrogens with zero attached hydrogens (tertiary/aromatic N) is 5. The van der Waals surface area contributed by atoms with Crippen LogP contribution in [0.15, 0.2) is 48.7 Å². The highest BCUT2D eigenvalue weighted by Gasteiger charge is 2.54. The SMILES string of the molecule is COC1c2cccc(OC(F)F)c2[C@H]2C[C@H](c3nc4ccc(-c5cnc(C6(O)CC(C)(C#N)C6)c(F)c5)cc4n32)N1C. The standard InChI is InChI=1S/C31H28F3N5O3/c1-30(15-35)13-31(40,14-30)26-19(32)9-17(12-36-26)16-7-8-20-21(10-16)39-22-11-23(27(39)37-20)38(2)28(41-3)18-5-4-6-24(25(18)22)42-29(33)34/h4-10,12,22-23,28-29,40H,11,13-14H2,1-3H3/t22-,23-,28?,30?,31?/m1/s1. The molecule has 216 valence electrons. The molecule has 4 aromatic rings. The third-order valence-corrected chi connectivity index (χ3v) is 9.02. The van der Waals surface area contributed by atoms with Gasteiger partial charge in [-0.2, -0.15) is 14.0 Å². The summed E-state index contributed by atoms with van der Waals surface area (Å²) >= 11 is 0. The number of hydrogen-bond donors (Lipinski definition) is 1. The number of aromatic nitrogens is 3. The Morgan fingerprint density at radius 3 is 2.62 bits per heavy atom. The van der Waals surface area contributed by atoms with Crippen LogP contribution in [0, 0.1) is 22.6 Å². The highest BCUT2D eigenvalue weighted by molar-refractivity contribution is 5.83. The van der Waals surface area contributed by atoms with Crippen LogP contribution in [-0.4, -0.2) is 45.3 Å². The minimum atomic E-state index is -2.99. The lowest BCUT2D eigenvalue weighted by molar-refractivity contribution is -0.108. The predicted molar refractivity (Wildman–Crippen MR) is 146 cm³/mol. The van der Waals surface area contributed by atoms with Crippen LogP contribution in [0.2, 0.25) is 0 Å². The van der Waals surface area contributed by atoms with Gasteiger partial charge in [0, 0.05) is 42.8 Å². The van der Waals surface area contributed by atoms with Crippen LogP contribution < -0.4 is 4.74 Å². The van der Waals surface area contributed by atoms with Crippen molar-refractivity contribution in [3.05, 3.63) is 77.1 Å². The lowest BCUT2D eigenvalue weighted by Crippen LogP contribution is -2.48. The number of aliphatic hydroxyl groups is 1. The van der Waals surface area contributed by atoms with Gasteiger partial charge in [0.25, 0.3) is 0 Å². The van der Waals surface area contributed by atoms with Crippen molar-refractivity contribution in [2.24, 2.45) is 5.41 Å². The smallest absolute Gasteiger partial charge is 0.387 e. The van der Waals surface area contributed by atoms with Crippen LogP contribution >= 0.6 is 0 Å². The Labute approximate surface area is 239 Å². The van der Waals surface area contributed by atoms with E-state index in [0.29, 0.717) is 28.6 Å². The minimum Gasteiger partial charge on any atom is -0.434 e. The van der Waals surface area contributed by atoms with E-state index >= 15 is 4.39 Å². The van der Waals surface area contributed by atoms with E-state index in [0.717, 1.165) is 16.9 Å². The van der Waals surface area contributed by atoms with Gasteiger partial charge in [-0.3, -0.25) is 9.88 Å². The molecule has 0 saturated heterocycles. The van der Waals surface area contributed by atoms with E-state index in [2.05, 4.69) is 20.5 Å². The second kappa shape index (κ2) is 9.26. The lowest BCUT2D eigenvalue weighted by atomic mass is 9.59. The molecule has 0 spiro atoms. The van der Waals surface area contributed by atoms with Gasteiger partial charge >= 0.3 is 6.61 Å². The Balaban J connectivity index is 1.33. The molecule has 0 radical (unpaired) electrons. The largest absolute Gasteiger partial charge is 0.434 e. The molecule has 11 heteroatoms. The summed E-state index contributed by atoms with van der Waals surface area (Å²) in [5.41, 5.74) is 1.81. The van der Waals surface area contributed by atoms with Gasteiger partial charge in [-0.15, -0.1) is 0 Å². The third kappa shape index (κ3) is 3.86. The van der Waals surface area contributed by atoms with Gasteiger partial charge in [-0.05, 0) is 50.2 Å². The quantitative estimate of drug-likeness (QED) is 0.313. The molecule has 0 amide bonds. The fourth-order valence-electron chi connectivity index (χ4n) is 7.30. The van der Waals surface area contributed by atoms with Crippen LogP contribution in [0.4, 0.5) is 13.2 Å². The molecule has 1 N–H and O–H groups in total. The topological polar surface area (TPSA) is 96.4 Å². The summed E-state index contributed by atoms with van der Waals surface area (Å²) in [6, 6.07) is 13.7. The summed E-state index contributed by atoms with van der Waals surface area (Å²) in [5.74, 6) is 0.232. The maximum absolute atomic E-state index is 15.3. The zero-order chi connectivity index (χ0) is 29.6. The maximum atomic E-state index is 15.3. The van der Waals surface area contributed by atoms with Crippen LogP contribution in [0.5, 0.6) is 5.75 Å². The molecule has 8 nitrogen and oxygen atoms in total. The number of benzene rings is 2. The van der Waals surface area contributed by atoms with Crippen molar-refractivity contribution in [1.82, 2.24) is 19.4 Å². The molecule has 1 fully saturated rings. The van der Waals surface area contributed by atoms with E-state index in [4.69, 9.17) is 14.5 Å². The average molecular weight is 576 g/mol. The number of pyridine rings is 1. The van der Waals surface area contributed by atoms with Crippen molar-refractivity contribution >= 4 is 11.0 Å². The van der Waals surface area contributed by atoms with Gasteiger partial charge in [-0.1, -0.05) is 18.2 Å². The van der Waals surface area contributed by atoms with Crippen molar-refractivity contribution in [2.75, 3.05) is 14.2 Å². The number of imidazole rings is 1. The second-order valence-electron chi connectivity index (χ2n) is 11.8. The van der Waals surface area contributed by atoms with E-state index < -0.39 is 29.7 Å². The molecule has 3 aliphatic rings. The molecule has 2 aromatic heterocycles. The Morgan fingerprint density at radius 2 is 1.93 bits per heavy atom. The number of ether oxygens (including phenoxy) is 2. The van der Waals surface area contributed by atoms with Gasteiger partial charge in [0.1, 0.15) is 34.9 Å². The molecular formula is C31H28F3N5O3. The molecule has 1 saturated carbocycles. The molecule has 7 rings (SSSR count). The number of methoxy groups -OCH3 is 1. The van der Waals surface area contributed by atoms with E-state index in [1.165, 1.54) is 12.3 Å². The summed E-state index contributed by atoms with van der Waals surface area (Å²) in [6.07, 6.45) is 1.86. The summed E-state index contributed by atoms with van der Waals surface area (Å²) < 4.78 is 55.2. The van der Waals surface area contributed by atoms with Crippen molar-refractivity contribution in [3.63, 3.8) is 0 Å². The molecule has 1 aliphatic carbocycles. The molecule has 1 unspecified atom stereocenters. The molecule has 4 heterocycles. The molecule has 2 aliphatic heterocycles. The van der Waals surface area contributed by atoms with E-state index in [-0.39, 0.29) is 36.4 Å². The zero-order valence-corrected chi connectivity index (χ0v) is 23.2. The van der Waals surface area contributed by atoms with Gasteiger partial charge < -0.3 is 19.1 Å². The summed E-state index contributed by atoms with van der Waals surface area (Å²) in [6.45, 7) is -1.25. The van der Waals surface area contributed by atoms with E-state index in [1.807, 2.05) is 31.3 Å². The third-order valence-electron chi connectivity index (χ3n) is 9.02. The van der Waals surface area contributed by atoms with Crippen LogP contribution in [0.25, 0.3) is 22.2 Å². The minimum absolute atomic E-state index is 0.0609. The number of hydrogen-bond acceptors (Lipinski definition) is 7.